The molecule has 4 nitrogen and oxygen atoms in total. The van der Waals surface area contributed by atoms with E-state index in [4.69, 9.17) is 21.9 Å². The molecule has 94 valence electrons. The zero-order valence-corrected chi connectivity index (χ0v) is 10.4. The number of hydrazine groups is 1. The Morgan fingerprint density at radius 2 is 1.94 bits per heavy atom. The minimum atomic E-state index is -0.209. The fourth-order valence-electron chi connectivity index (χ4n) is 1.59. The monoisotopic (exact) mass is 264 g/mol. The lowest BCUT2D eigenvalue weighted by Crippen LogP contribution is -2.30. The second kappa shape index (κ2) is 5.71. The Hall–Kier alpha value is -1.78. The summed E-state index contributed by atoms with van der Waals surface area (Å²) < 4.78 is 5.64. The third kappa shape index (κ3) is 3.12. The third-order valence-corrected chi connectivity index (χ3v) is 2.80. The summed E-state index contributed by atoms with van der Waals surface area (Å²) >= 11 is 5.82. The van der Waals surface area contributed by atoms with Crippen LogP contribution in [0.25, 0.3) is 11.3 Å². The van der Waals surface area contributed by atoms with E-state index in [-0.39, 0.29) is 5.91 Å². The first-order valence-corrected chi connectivity index (χ1v) is 5.91. The minimum absolute atomic E-state index is 0.209. The first-order chi connectivity index (χ1) is 8.69. The zero-order chi connectivity index (χ0) is 13.0. The normalized spacial score (nSPS) is 10.3. The van der Waals surface area contributed by atoms with E-state index in [1.54, 1.807) is 12.1 Å². The van der Waals surface area contributed by atoms with Crippen LogP contribution in [0, 0.1) is 0 Å². The van der Waals surface area contributed by atoms with Gasteiger partial charge in [-0.2, -0.15) is 0 Å². The fourth-order valence-corrected chi connectivity index (χ4v) is 1.72. The topological polar surface area (TPSA) is 68.3 Å². The van der Waals surface area contributed by atoms with E-state index in [2.05, 4.69) is 5.43 Å². The number of carbonyl (C=O) groups excluding carboxylic acids is 1. The summed E-state index contributed by atoms with van der Waals surface area (Å²) in [6, 6.07) is 11.1. The highest BCUT2D eigenvalue weighted by molar-refractivity contribution is 6.30. The Morgan fingerprint density at radius 1 is 1.22 bits per heavy atom. The number of hydrogen-bond donors (Lipinski definition) is 2. The summed E-state index contributed by atoms with van der Waals surface area (Å²) in [4.78, 5) is 11.0. The molecule has 0 radical (unpaired) electrons. The van der Waals surface area contributed by atoms with Gasteiger partial charge in [-0.15, -0.1) is 0 Å². The lowest BCUT2D eigenvalue weighted by molar-refractivity contribution is -0.121. The molecule has 18 heavy (non-hydrogen) atoms. The van der Waals surface area contributed by atoms with Crippen LogP contribution in [0.3, 0.4) is 0 Å². The molecule has 0 bridgehead atoms. The van der Waals surface area contributed by atoms with Crippen LogP contribution >= 0.6 is 11.6 Å². The Kier molecular flexibility index (Phi) is 4.02. The average Bonchev–Trinajstić information content (AvgIpc) is 2.85. The smallest absolute Gasteiger partial charge is 0.234 e. The summed E-state index contributed by atoms with van der Waals surface area (Å²) in [5.74, 6) is 6.31. The molecule has 3 N–H and O–H groups in total. The van der Waals surface area contributed by atoms with Crippen molar-refractivity contribution in [1.29, 1.82) is 0 Å². The number of nitrogens with two attached hydrogens (primary N) is 1. The number of furan rings is 1. The molecule has 2 rings (SSSR count). The van der Waals surface area contributed by atoms with Crippen molar-refractivity contribution in [3.63, 3.8) is 0 Å². The predicted molar refractivity (Wildman–Crippen MR) is 69.8 cm³/mol. The van der Waals surface area contributed by atoms with Gasteiger partial charge in [-0.05, 0) is 36.4 Å². The van der Waals surface area contributed by atoms with Crippen molar-refractivity contribution in [3.8, 4) is 11.3 Å². The summed E-state index contributed by atoms with van der Waals surface area (Å²) in [5, 5.41) is 0.685. The van der Waals surface area contributed by atoms with Crippen molar-refractivity contribution < 1.29 is 9.21 Å². The number of carbonyl (C=O) groups is 1. The van der Waals surface area contributed by atoms with Crippen LogP contribution in [0.5, 0.6) is 0 Å². The van der Waals surface area contributed by atoms with Crippen LogP contribution in [0.2, 0.25) is 5.02 Å². The lowest BCUT2D eigenvalue weighted by Gasteiger charge is -1.98. The highest BCUT2D eigenvalue weighted by Gasteiger charge is 2.06. The standard InChI is InChI=1S/C13H13ClN2O2/c14-10-3-1-9(2-4-10)12-7-5-11(18-12)6-8-13(17)16-15/h1-5,7H,6,8,15H2,(H,16,17). The summed E-state index contributed by atoms with van der Waals surface area (Å²) in [5.41, 5.74) is 3.04. The van der Waals surface area contributed by atoms with Gasteiger partial charge in [0.2, 0.25) is 5.91 Å². The average molecular weight is 265 g/mol. The SMILES string of the molecule is NNC(=O)CCc1ccc(-c2ccc(Cl)cc2)o1. The summed E-state index contributed by atoms with van der Waals surface area (Å²) in [6.45, 7) is 0. The Balaban J connectivity index is 2.06. The minimum Gasteiger partial charge on any atom is -0.461 e. The van der Waals surface area contributed by atoms with Crippen molar-refractivity contribution in [2.24, 2.45) is 5.84 Å². The van der Waals surface area contributed by atoms with Crippen molar-refractivity contribution in [2.75, 3.05) is 0 Å². The van der Waals surface area contributed by atoms with E-state index < -0.39 is 0 Å². The molecule has 2 aromatic rings. The largest absolute Gasteiger partial charge is 0.461 e. The van der Waals surface area contributed by atoms with E-state index in [9.17, 15) is 4.79 Å². The molecule has 1 aromatic carbocycles. The number of nitrogens with one attached hydrogen (secondary N) is 1. The van der Waals surface area contributed by atoms with E-state index in [1.807, 2.05) is 24.3 Å². The Bertz CT molecular complexity index is 534. The van der Waals surface area contributed by atoms with Gasteiger partial charge in [0.1, 0.15) is 11.5 Å². The molecule has 0 atom stereocenters. The molecule has 0 fully saturated rings. The van der Waals surface area contributed by atoms with Crippen molar-refractivity contribution >= 4 is 17.5 Å². The van der Waals surface area contributed by atoms with Gasteiger partial charge in [-0.25, -0.2) is 5.84 Å². The predicted octanol–water partition coefficient (Wildman–Crippen LogP) is 2.52. The van der Waals surface area contributed by atoms with Crippen molar-refractivity contribution in [1.82, 2.24) is 5.43 Å². The van der Waals surface area contributed by atoms with Crippen LogP contribution in [-0.2, 0) is 11.2 Å². The molecule has 1 heterocycles. The van der Waals surface area contributed by atoms with E-state index >= 15 is 0 Å². The molecule has 0 saturated carbocycles. The van der Waals surface area contributed by atoms with Crippen LogP contribution in [0.15, 0.2) is 40.8 Å². The highest BCUT2D eigenvalue weighted by atomic mass is 35.5. The first kappa shape index (κ1) is 12.7. The zero-order valence-electron chi connectivity index (χ0n) is 9.65. The maximum absolute atomic E-state index is 11.0. The number of amides is 1. The number of halogens is 1. The molecular formula is C13H13ClN2O2. The highest BCUT2D eigenvalue weighted by Crippen LogP contribution is 2.24. The Labute approximate surface area is 110 Å². The maximum atomic E-state index is 11.0. The van der Waals surface area contributed by atoms with E-state index in [1.165, 1.54) is 0 Å². The van der Waals surface area contributed by atoms with Crippen molar-refractivity contribution in [3.05, 3.63) is 47.2 Å². The second-order valence-corrected chi connectivity index (χ2v) is 4.28. The van der Waals surface area contributed by atoms with Crippen LogP contribution in [0.1, 0.15) is 12.2 Å². The summed E-state index contributed by atoms with van der Waals surface area (Å²) in [6.07, 6.45) is 0.834. The van der Waals surface area contributed by atoms with E-state index in [0.29, 0.717) is 17.9 Å². The maximum Gasteiger partial charge on any atom is 0.234 e. The van der Waals surface area contributed by atoms with Gasteiger partial charge in [0, 0.05) is 23.4 Å². The molecule has 0 aliphatic rings. The second-order valence-electron chi connectivity index (χ2n) is 3.84. The number of hydrogen-bond acceptors (Lipinski definition) is 3. The Morgan fingerprint density at radius 3 is 2.61 bits per heavy atom. The molecule has 0 unspecified atom stereocenters. The molecule has 0 saturated heterocycles. The van der Waals surface area contributed by atoms with E-state index in [0.717, 1.165) is 17.1 Å². The quantitative estimate of drug-likeness (QED) is 0.506. The summed E-state index contributed by atoms with van der Waals surface area (Å²) in [7, 11) is 0. The third-order valence-electron chi connectivity index (χ3n) is 2.55. The van der Waals surface area contributed by atoms with Crippen LogP contribution < -0.4 is 11.3 Å². The van der Waals surface area contributed by atoms with Gasteiger partial charge in [0.15, 0.2) is 0 Å². The molecule has 0 spiro atoms. The molecule has 0 aliphatic carbocycles. The van der Waals surface area contributed by atoms with Crippen LogP contribution in [0.4, 0.5) is 0 Å². The molecule has 0 aliphatic heterocycles. The van der Waals surface area contributed by atoms with Gasteiger partial charge in [-0.1, -0.05) is 11.6 Å². The van der Waals surface area contributed by atoms with Gasteiger partial charge in [0.25, 0.3) is 0 Å². The fraction of sp³-hybridized carbons (Fsp3) is 0.154. The molecule has 1 aromatic heterocycles. The van der Waals surface area contributed by atoms with Gasteiger partial charge >= 0.3 is 0 Å². The van der Waals surface area contributed by atoms with Crippen molar-refractivity contribution in [2.45, 2.75) is 12.8 Å². The van der Waals surface area contributed by atoms with Gasteiger partial charge < -0.3 is 4.42 Å². The molecular weight excluding hydrogens is 252 g/mol. The number of aryl methyl sites for hydroxylation is 1. The first-order valence-electron chi connectivity index (χ1n) is 5.53. The lowest BCUT2D eigenvalue weighted by atomic mass is 10.2. The molecule has 1 amide bonds. The molecule has 5 heteroatoms. The number of benzene rings is 1. The van der Waals surface area contributed by atoms with Gasteiger partial charge in [0.05, 0.1) is 0 Å². The van der Waals surface area contributed by atoms with Gasteiger partial charge in [-0.3, -0.25) is 10.2 Å². The number of rotatable bonds is 4. The van der Waals surface area contributed by atoms with Crippen LogP contribution in [-0.4, -0.2) is 5.91 Å².